The Morgan fingerprint density at radius 1 is 1.26 bits per heavy atom. The number of imidazole rings is 1. The summed E-state index contributed by atoms with van der Waals surface area (Å²) >= 11 is 1.53. The fourth-order valence-electron chi connectivity index (χ4n) is 4.32. The van der Waals surface area contributed by atoms with Crippen LogP contribution in [0.5, 0.6) is 0 Å². The first-order valence-corrected chi connectivity index (χ1v) is 13.3. The van der Waals surface area contributed by atoms with Crippen LogP contribution in [0.3, 0.4) is 0 Å². The van der Waals surface area contributed by atoms with Gasteiger partial charge in [-0.1, -0.05) is 38.1 Å². The van der Waals surface area contributed by atoms with Crippen LogP contribution in [0.1, 0.15) is 37.1 Å². The van der Waals surface area contributed by atoms with Gasteiger partial charge in [0.2, 0.25) is 11.8 Å². The van der Waals surface area contributed by atoms with Gasteiger partial charge >= 0.3 is 5.97 Å². The largest absolute Gasteiger partial charge is 0.480 e. The van der Waals surface area contributed by atoms with Crippen molar-refractivity contribution in [3.8, 4) is 0 Å². The second-order valence-electron chi connectivity index (χ2n) is 9.14. The van der Waals surface area contributed by atoms with E-state index in [9.17, 15) is 19.5 Å². The zero-order valence-electron chi connectivity index (χ0n) is 20.5. The first-order valence-electron chi connectivity index (χ1n) is 11.9. The smallest absolute Gasteiger partial charge is 0.326 e. The molecule has 2 aromatic rings. The summed E-state index contributed by atoms with van der Waals surface area (Å²) in [4.78, 5) is 47.6. The molecule has 10 heteroatoms. The Labute approximate surface area is 210 Å². The molecule has 1 aromatic carbocycles. The van der Waals surface area contributed by atoms with Crippen LogP contribution in [0, 0.1) is 5.92 Å². The van der Waals surface area contributed by atoms with E-state index in [0.29, 0.717) is 38.1 Å². The number of carboxylic acids is 1. The Kier molecular flexibility index (Phi) is 9.73. The number of aromatic amines is 1. The van der Waals surface area contributed by atoms with Crippen LogP contribution >= 0.6 is 11.8 Å². The molecule has 0 saturated heterocycles. The van der Waals surface area contributed by atoms with Crippen LogP contribution in [0.25, 0.3) is 0 Å². The highest BCUT2D eigenvalue weighted by Gasteiger charge is 2.39. The van der Waals surface area contributed by atoms with E-state index in [4.69, 9.17) is 0 Å². The quantitative estimate of drug-likeness (QED) is 0.349. The van der Waals surface area contributed by atoms with Gasteiger partial charge in [-0.2, -0.15) is 11.8 Å². The molecule has 0 unspecified atom stereocenters. The van der Waals surface area contributed by atoms with E-state index < -0.39 is 30.0 Å². The Morgan fingerprint density at radius 3 is 2.63 bits per heavy atom. The van der Waals surface area contributed by atoms with E-state index in [-0.39, 0.29) is 11.8 Å². The van der Waals surface area contributed by atoms with Crippen LogP contribution in [0.15, 0.2) is 36.8 Å². The van der Waals surface area contributed by atoms with Crippen molar-refractivity contribution < 1.29 is 19.5 Å². The summed E-state index contributed by atoms with van der Waals surface area (Å²) in [5.41, 5.74) is 2.98. The SMILES string of the molecule is CSCC[C@H](NC(=O)[C@H]1Cc2ccccc2CN1C(=O)[C@@H](NCCc1cnc[nH]1)C(C)C)C(=O)O. The van der Waals surface area contributed by atoms with Crippen molar-refractivity contribution in [3.05, 3.63) is 53.6 Å². The highest BCUT2D eigenvalue weighted by atomic mass is 32.2. The Morgan fingerprint density at radius 2 is 2.00 bits per heavy atom. The second-order valence-corrected chi connectivity index (χ2v) is 10.1. The average Bonchev–Trinajstić information content (AvgIpc) is 3.36. The summed E-state index contributed by atoms with van der Waals surface area (Å²) in [6.07, 6.45) is 6.64. The lowest BCUT2D eigenvalue weighted by atomic mass is 9.91. The maximum atomic E-state index is 13.8. The molecule has 2 amide bonds. The number of H-pyrrole nitrogens is 1. The lowest BCUT2D eigenvalue weighted by Crippen LogP contribution is -2.59. The molecule has 3 rings (SSSR count). The number of nitrogens with zero attached hydrogens (tertiary/aromatic N) is 2. The van der Waals surface area contributed by atoms with Gasteiger partial charge in [0.25, 0.3) is 0 Å². The minimum Gasteiger partial charge on any atom is -0.480 e. The summed E-state index contributed by atoms with van der Waals surface area (Å²) in [6, 6.07) is 5.53. The minimum atomic E-state index is -1.07. The lowest BCUT2D eigenvalue weighted by molar-refractivity contribution is -0.146. The summed E-state index contributed by atoms with van der Waals surface area (Å²) in [5, 5.41) is 15.6. The molecule has 9 nitrogen and oxygen atoms in total. The van der Waals surface area contributed by atoms with Gasteiger partial charge < -0.3 is 25.6 Å². The molecule has 0 bridgehead atoms. The number of rotatable bonds is 12. The molecule has 35 heavy (non-hydrogen) atoms. The Balaban J connectivity index is 1.79. The van der Waals surface area contributed by atoms with Crippen molar-refractivity contribution in [2.75, 3.05) is 18.6 Å². The number of thioether (sulfide) groups is 1. The fourth-order valence-corrected chi connectivity index (χ4v) is 4.79. The van der Waals surface area contributed by atoms with Gasteiger partial charge in [-0.15, -0.1) is 0 Å². The summed E-state index contributed by atoms with van der Waals surface area (Å²) in [7, 11) is 0. The monoisotopic (exact) mass is 501 g/mol. The molecule has 0 aliphatic carbocycles. The zero-order chi connectivity index (χ0) is 25.4. The molecule has 0 saturated carbocycles. The van der Waals surface area contributed by atoms with Crippen LogP contribution in [0.2, 0.25) is 0 Å². The molecule has 0 spiro atoms. The van der Waals surface area contributed by atoms with Crippen LogP contribution < -0.4 is 10.6 Å². The van der Waals surface area contributed by atoms with Crippen molar-refractivity contribution in [3.63, 3.8) is 0 Å². The van der Waals surface area contributed by atoms with Crippen molar-refractivity contribution in [2.24, 2.45) is 5.92 Å². The van der Waals surface area contributed by atoms with Gasteiger partial charge in [0.1, 0.15) is 12.1 Å². The molecule has 2 heterocycles. The maximum Gasteiger partial charge on any atom is 0.326 e. The van der Waals surface area contributed by atoms with Gasteiger partial charge in [0, 0.05) is 37.8 Å². The lowest BCUT2D eigenvalue weighted by Gasteiger charge is -2.39. The molecule has 1 aliphatic heterocycles. The predicted molar refractivity (Wildman–Crippen MR) is 136 cm³/mol. The molecular formula is C25H35N5O4S. The van der Waals surface area contributed by atoms with Gasteiger partial charge in [0.15, 0.2) is 0 Å². The number of hydrogen-bond donors (Lipinski definition) is 4. The Bertz CT molecular complexity index is 998. The summed E-state index contributed by atoms with van der Waals surface area (Å²) in [5.74, 6) is -1.04. The molecule has 1 aliphatic rings. The van der Waals surface area contributed by atoms with E-state index in [2.05, 4.69) is 20.6 Å². The number of carboxylic acid groups (broad SMARTS) is 1. The van der Waals surface area contributed by atoms with Crippen molar-refractivity contribution in [1.29, 1.82) is 0 Å². The minimum absolute atomic E-state index is 0.00139. The number of aliphatic carboxylic acids is 1. The molecule has 0 fully saturated rings. The third-order valence-corrected chi connectivity index (χ3v) is 6.95. The van der Waals surface area contributed by atoms with Gasteiger partial charge in [-0.3, -0.25) is 9.59 Å². The standard InChI is InChI=1S/C25H35N5O4S/c1-16(2)22(27-10-8-19-13-26-15-28-19)24(32)30-14-18-7-5-4-6-17(18)12-21(30)23(31)29-20(25(33)34)9-11-35-3/h4-7,13,15-16,20-22,27H,8-12,14H2,1-3H3,(H,26,28)(H,29,31)(H,33,34)/t20-,21+,22-/m0/s1. The first kappa shape index (κ1) is 26.7. The molecular weight excluding hydrogens is 466 g/mol. The predicted octanol–water partition coefficient (Wildman–Crippen LogP) is 1.84. The van der Waals surface area contributed by atoms with E-state index >= 15 is 0 Å². The van der Waals surface area contributed by atoms with Gasteiger partial charge in [-0.05, 0) is 35.5 Å². The topological polar surface area (TPSA) is 127 Å². The molecule has 0 radical (unpaired) electrons. The summed E-state index contributed by atoms with van der Waals surface area (Å²) in [6.45, 7) is 4.83. The van der Waals surface area contributed by atoms with Crippen LogP contribution in [-0.2, 0) is 33.8 Å². The molecule has 4 N–H and O–H groups in total. The number of carbonyl (C=O) groups excluding carboxylic acids is 2. The normalized spacial score (nSPS) is 17.0. The Hall–Kier alpha value is -2.85. The highest BCUT2D eigenvalue weighted by molar-refractivity contribution is 7.98. The third kappa shape index (κ3) is 7.08. The van der Waals surface area contributed by atoms with Crippen LogP contribution in [0.4, 0.5) is 0 Å². The number of aromatic nitrogens is 2. The number of benzene rings is 1. The zero-order valence-corrected chi connectivity index (χ0v) is 21.3. The summed E-state index contributed by atoms with van der Waals surface area (Å²) < 4.78 is 0. The van der Waals surface area contributed by atoms with Crippen molar-refractivity contribution in [1.82, 2.24) is 25.5 Å². The highest BCUT2D eigenvalue weighted by Crippen LogP contribution is 2.25. The number of nitrogens with one attached hydrogen (secondary N) is 3. The van der Waals surface area contributed by atoms with E-state index in [0.717, 1.165) is 16.8 Å². The molecule has 3 atom stereocenters. The number of carbonyl (C=O) groups is 3. The van der Waals surface area contributed by atoms with Gasteiger partial charge in [-0.25, -0.2) is 9.78 Å². The van der Waals surface area contributed by atoms with Gasteiger partial charge in [0.05, 0.1) is 12.4 Å². The average molecular weight is 502 g/mol. The van der Waals surface area contributed by atoms with Crippen molar-refractivity contribution in [2.45, 2.75) is 57.8 Å². The second kappa shape index (κ2) is 12.7. The first-order chi connectivity index (χ1) is 16.8. The maximum absolute atomic E-state index is 13.8. The number of amides is 2. The van der Waals surface area contributed by atoms with Crippen LogP contribution in [-0.4, -0.2) is 74.4 Å². The van der Waals surface area contributed by atoms with E-state index in [1.807, 2.05) is 44.4 Å². The van der Waals surface area contributed by atoms with E-state index in [1.165, 1.54) is 11.8 Å². The fraction of sp³-hybridized carbons (Fsp3) is 0.520. The number of hydrogen-bond acceptors (Lipinski definition) is 6. The van der Waals surface area contributed by atoms with E-state index in [1.54, 1.807) is 17.4 Å². The molecule has 190 valence electrons. The third-order valence-electron chi connectivity index (χ3n) is 6.31. The number of fused-ring (bicyclic) bond motifs is 1. The van der Waals surface area contributed by atoms with Crippen molar-refractivity contribution >= 4 is 29.5 Å². The molecule has 1 aromatic heterocycles.